The zero-order chi connectivity index (χ0) is 18.9. The highest BCUT2D eigenvalue weighted by atomic mass is 16.5. The predicted octanol–water partition coefficient (Wildman–Crippen LogP) is 4.30. The average molecular weight is 355 g/mol. The molecule has 140 valence electrons. The number of hydrogen-bond donors (Lipinski definition) is 1. The summed E-state index contributed by atoms with van der Waals surface area (Å²) < 4.78 is 11.5. The Morgan fingerprint density at radius 1 is 1.04 bits per heavy atom. The topological polar surface area (TPSA) is 47.6 Å². The maximum Gasteiger partial charge on any atom is 0.260 e. The van der Waals surface area contributed by atoms with Crippen LogP contribution in [0, 0.1) is 6.92 Å². The number of hydrogen-bond acceptors (Lipinski definition) is 3. The quantitative estimate of drug-likeness (QED) is 0.682. The lowest BCUT2D eigenvalue weighted by molar-refractivity contribution is -0.127. The standard InChI is InChI=1S/C22H29NO3/c1-16(2)25-20-12-7-10-19(15-20)11-8-14-23-22(24)18(4)26-21-13-6-5-9-17(21)3/h5-7,9-10,12-13,15-16,18H,8,11,14H2,1-4H3,(H,23,24)/t18-/m1/s1. The minimum absolute atomic E-state index is 0.0925. The fourth-order valence-corrected chi connectivity index (χ4v) is 2.63. The predicted molar refractivity (Wildman–Crippen MR) is 105 cm³/mol. The van der Waals surface area contributed by atoms with Gasteiger partial charge in [0, 0.05) is 6.54 Å². The molecule has 0 bridgehead atoms. The maximum absolute atomic E-state index is 12.2. The smallest absolute Gasteiger partial charge is 0.260 e. The van der Waals surface area contributed by atoms with Crippen molar-refractivity contribution in [3.8, 4) is 11.5 Å². The largest absolute Gasteiger partial charge is 0.491 e. The Hall–Kier alpha value is -2.49. The molecule has 0 saturated heterocycles. The molecule has 0 unspecified atom stereocenters. The number of rotatable bonds is 9. The molecule has 2 aromatic rings. The Bertz CT molecular complexity index is 712. The van der Waals surface area contributed by atoms with Gasteiger partial charge in [-0.3, -0.25) is 4.79 Å². The lowest BCUT2D eigenvalue weighted by Crippen LogP contribution is -2.37. The average Bonchev–Trinajstić information content (AvgIpc) is 2.60. The first-order valence-electron chi connectivity index (χ1n) is 9.21. The van der Waals surface area contributed by atoms with Crippen molar-refractivity contribution in [2.45, 2.75) is 52.7 Å². The highest BCUT2D eigenvalue weighted by Gasteiger charge is 2.14. The van der Waals surface area contributed by atoms with E-state index in [-0.39, 0.29) is 12.0 Å². The second-order valence-electron chi connectivity index (χ2n) is 6.73. The van der Waals surface area contributed by atoms with Crippen LogP contribution in [0.5, 0.6) is 11.5 Å². The maximum atomic E-state index is 12.2. The highest BCUT2D eigenvalue weighted by molar-refractivity contribution is 5.80. The van der Waals surface area contributed by atoms with Gasteiger partial charge in [0.15, 0.2) is 6.10 Å². The fourth-order valence-electron chi connectivity index (χ4n) is 2.63. The Labute approximate surface area is 156 Å². The lowest BCUT2D eigenvalue weighted by atomic mass is 10.1. The van der Waals surface area contributed by atoms with E-state index in [1.165, 1.54) is 5.56 Å². The molecule has 4 nitrogen and oxygen atoms in total. The van der Waals surface area contributed by atoms with Crippen LogP contribution in [-0.4, -0.2) is 24.7 Å². The van der Waals surface area contributed by atoms with E-state index < -0.39 is 6.10 Å². The number of aryl methyl sites for hydroxylation is 2. The van der Waals surface area contributed by atoms with Crippen LogP contribution in [0.3, 0.4) is 0 Å². The minimum atomic E-state index is -0.515. The Morgan fingerprint density at radius 3 is 2.54 bits per heavy atom. The molecule has 0 heterocycles. The monoisotopic (exact) mass is 355 g/mol. The van der Waals surface area contributed by atoms with Gasteiger partial charge < -0.3 is 14.8 Å². The summed E-state index contributed by atoms with van der Waals surface area (Å²) in [4.78, 5) is 12.2. The number of amides is 1. The van der Waals surface area contributed by atoms with Crippen LogP contribution < -0.4 is 14.8 Å². The molecule has 1 N–H and O–H groups in total. The van der Waals surface area contributed by atoms with Gasteiger partial charge in [-0.1, -0.05) is 30.3 Å². The second kappa shape index (κ2) is 9.85. The number of para-hydroxylation sites is 1. The number of carbonyl (C=O) groups excluding carboxylic acids is 1. The van der Waals surface area contributed by atoms with Crippen LogP contribution in [0.1, 0.15) is 38.3 Å². The molecule has 2 rings (SSSR count). The third-order valence-electron chi connectivity index (χ3n) is 3.98. The van der Waals surface area contributed by atoms with Gasteiger partial charge in [-0.05, 0) is 69.9 Å². The van der Waals surface area contributed by atoms with Crippen molar-refractivity contribution in [1.29, 1.82) is 0 Å². The number of carbonyl (C=O) groups is 1. The SMILES string of the molecule is Cc1ccccc1O[C@H](C)C(=O)NCCCc1cccc(OC(C)C)c1. The lowest BCUT2D eigenvalue weighted by Gasteiger charge is -2.16. The molecule has 1 amide bonds. The molecule has 0 radical (unpaired) electrons. The van der Waals surface area contributed by atoms with Gasteiger partial charge in [0.05, 0.1) is 6.10 Å². The van der Waals surface area contributed by atoms with Crippen LogP contribution in [0.2, 0.25) is 0 Å². The molecule has 0 aliphatic carbocycles. The summed E-state index contributed by atoms with van der Waals surface area (Å²) in [6.07, 6.45) is 1.41. The molecule has 26 heavy (non-hydrogen) atoms. The molecule has 0 aromatic heterocycles. The van der Waals surface area contributed by atoms with Crippen LogP contribution in [-0.2, 0) is 11.2 Å². The van der Waals surface area contributed by atoms with Crippen molar-refractivity contribution >= 4 is 5.91 Å². The zero-order valence-electron chi connectivity index (χ0n) is 16.1. The first-order chi connectivity index (χ1) is 12.5. The summed E-state index contributed by atoms with van der Waals surface area (Å²) in [5.41, 5.74) is 2.23. The molecular formula is C22H29NO3. The number of ether oxygens (including phenoxy) is 2. The molecule has 0 spiro atoms. The summed E-state index contributed by atoms with van der Waals surface area (Å²) in [6.45, 7) is 8.39. The molecule has 0 fully saturated rings. The van der Waals surface area contributed by atoms with Gasteiger partial charge in [-0.25, -0.2) is 0 Å². The Morgan fingerprint density at radius 2 is 1.81 bits per heavy atom. The summed E-state index contributed by atoms with van der Waals surface area (Å²) in [6, 6.07) is 15.8. The van der Waals surface area contributed by atoms with E-state index in [1.807, 2.05) is 57.2 Å². The van der Waals surface area contributed by atoms with Gasteiger partial charge in [0.1, 0.15) is 11.5 Å². The van der Waals surface area contributed by atoms with Gasteiger partial charge >= 0.3 is 0 Å². The van der Waals surface area contributed by atoms with E-state index in [1.54, 1.807) is 6.92 Å². The highest BCUT2D eigenvalue weighted by Crippen LogP contribution is 2.18. The van der Waals surface area contributed by atoms with Crippen LogP contribution in [0.15, 0.2) is 48.5 Å². The molecule has 1 atom stereocenters. The first kappa shape index (κ1) is 19.8. The molecule has 2 aromatic carbocycles. The van der Waals surface area contributed by atoms with Crippen molar-refractivity contribution in [3.63, 3.8) is 0 Å². The van der Waals surface area contributed by atoms with E-state index >= 15 is 0 Å². The van der Waals surface area contributed by atoms with E-state index in [9.17, 15) is 4.79 Å². The number of benzene rings is 2. The van der Waals surface area contributed by atoms with Crippen molar-refractivity contribution in [1.82, 2.24) is 5.32 Å². The van der Waals surface area contributed by atoms with Crippen LogP contribution in [0.4, 0.5) is 0 Å². The van der Waals surface area contributed by atoms with E-state index in [2.05, 4.69) is 17.4 Å². The van der Waals surface area contributed by atoms with Gasteiger partial charge in [0.25, 0.3) is 5.91 Å². The Balaban J connectivity index is 1.73. The molecule has 0 saturated carbocycles. The fraction of sp³-hybridized carbons (Fsp3) is 0.409. The van der Waals surface area contributed by atoms with Crippen molar-refractivity contribution in [2.24, 2.45) is 0 Å². The summed E-state index contributed by atoms with van der Waals surface area (Å²) >= 11 is 0. The third-order valence-corrected chi connectivity index (χ3v) is 3.98. The first-order valence-corrected chi connectivity index (χ1v) is 9.21. The van der Waals surface area contributed by atoms with E-state index in [0.29, 0.717) is 6.54 Å². The minimum Gasteiger partial charge on any atom is -0.491 e. The van der Waals surface area contributed by atoms with Gasteiger partial charge in [-0.2, -0.15) is 0 Å². The number of nitrogens with one attached hydrogen (secondary N) is 1. The zero-order valence-corrected chi connectivity index (χ0v) is 16.1. The molecule has 0 aliphatic rings. The van der Waals surface area contributed by atoms with E-state index in [0.717, 1.165) is 29.9 Å². The normalized spacial score (nSPS) is 11.9. The third kappa shape index (κ3) is 6.43. The van der Waals surface area contributed by atoms with Crippen molar-refractivity contribution < 1.29 is 14.3 Å². The van der Waals surface area contributed by atoms with Crippen molar-refractivity contribution in [3.05, 3.63) is 59.7 Å². The molecule has 0 aliphatic heterocycles. The summed E-state index contributed by atoms with van der Waals surface area (Å²) in [5.74, 6) is 1.55. The molecular weight excluding hydrogens is 326 g/mol. The van der Waals surface area contributed by atoms with E-state index in [4.69, 9.17) is 9.47 Å². The van der Waals surface area contributed by atoms with Crippen LogP contribution in [0.25, 0.3) is 0 Å². The summed E-state index contributed by atoms with van der Waals surface area (Å²) in [7, 11) is 0. The summed E-state index contributed by atoms with van der Waals surface area (Å²) in [5, 5.41) is 2.94. The van der Waals surface area contributed by atoms with Crippen molar-refractivity contribution in [2.75, 3.05) is 6.54 Å². The van der Waals surface area contributed by atoms with Gasteiger partial charge in [0.2, 0.25) is 0 Å². The Kier molecular flexibility index (Phi) is 7.52. The van der Waals surface area contributed by atoms with Crippen LogP contribution >= 0.6 is 0 Å². The second-order valence-corrected chi connectivity index (χ2v) is 6.73. The molecule has 4 heteroatoms. The van der Waals surface area contributed by atoms with Gasteiger partial charge in [-0.15, -0.1) is 0 Å².